The van der Waals surface area contributed by atoms with Crippen LogP contribution in [0.5, 0.6) is 0 Å². The monoisotopic (exact) mass is 239 g/mol. The Kier molecular flexibility index (Phi) is 2.99. The largest absolute Gasteiger partial charge is 0.329 e. The van der Waals surface area contributed by atoms with E-state index in [0.29, 0.717) is 17.6 Å². The first-order chi connectivity index (χ1) is 7.57. The number of hydrogen-bond acceptors (Lipinski definition) is 4. The summed E-state index contributed by atoms with van der Waals surface area (Å²) in [5.41, 5.74) is 6.32. The van der Waals surface area contributed by atoms with E-state index in [-0.39, 0.29) is 11.3 Å². The van der Waals surface area contributed by atoms with Crippen molar-refractivity contribution >= 4 is 22.4 Å². The van der Waals surface area contributed by atoms with E-state index in [1.807, 2.05) is 5.38 Å². The van der Waals surface area contributed by atoms with Gasteiger partial charge in [0.25, 0.3) is 0 Å². The molecule has 4 nitrogen and oxygen atoms in total. The molecule has 0 atom stereocenters. The van der Waals surface area contributed by atoms with Crippen molar-refractivity contribution in [2.45, 2.75) is 32.6 Å². The topological polar surface area (TPSA) is 68.0 Å². The predicted molar refractivity (Wildman–Crippen MR) is 65.6 cm³/mol. The molecular weight excluding hydrogens is 222 g/mol. The Morgan fingerprint density at radius 3 is 2.81 bits per heavy atom. The lowest BCUT2D eigenvalue weighted by atomic mass is 10.1. The lowest BCUT2D eigenvalue weighted by molar-refractivity contribution is -0.120. The van der Waals surface area contributed by atoms with Gasteiger partial charge in [0.2, 0.25) is 5.91 Å². The molecule has 5 heteroatoms. The van der Waals surface area contributed by atoms with Crippen molar-refractivity contribution in [2.75, 3.05) is 11.9 Å². The summed E-state index contributed by atoms with van der Waals surface area (Å²) in [4.78, 5) is 16.3. The number of nitrogens with one attached hydrogen (secondary N) is 1. The average molecular weight is 239 g/mol. The molecule has 1 aromatic heterocycles. The molecule has 2 rings (SSSR count). The molecule has 16 heavy (non-hydrogen) atoms. The van der Waals surface area contributed by atoms with Gasteiger partial charge in [-0.2, -0.15) is 0 Å². The molecule has 1 aromatic rings. The summed E-state index contributed by atoms with van der Waals surface area (Å²) >= 11 is 1.48. The number of nitrogens with zero attached hydrogens (tertiary/aromatic N) is 1. The molecule has 3 N–H and O–H groups in total. The minimum atomic E-state index is -0.302. The molecule has 0 spiro atoms. The van der Waals surface area contributed by atoms with Crippen LogP contribution in [0.1, 0.15) is 38.3 Å². The third kappa shape index (κ3) is 2.10. The minimum absolute atomic E-state index is 0.0275. The summed E-state index contributed by atoms with van der Waals surface area (Å²) in [5, 5.41) is 5.54. The van der Waals surface area contributed by atoms with Crippen LogP contribution in [-0.2, 0) is 4.79 Å². The van der Waals surface area contributed by atoms with E-state index in [2.05, 4.69) is 24.1 Å². The average Bonchev–Trinajstić information content (AvgIpc) is 2.92. The molecule has 1 fully saturated rings. The van der Waals surface area contributed by atoms with Crippen molar-refractivity contribution in [3.05, 3.63) is 11.1 Å². The number of rotatable bonds is 4. The second-order valence-corrected chi connectivity index (χ2v) is 5.53. The normalized spacial score (nSPS) is 17.5. The Bertz CT molecular complexity index is 396. The number of nitrogens with two attached hydrogens (primary N) is 1. The zero-order chi connectivity index (χ0) is 11.8. The van der Waals surface area contributed by atoms with Crippen molar-refractivity contribution in [2.24, 2.45) is 11.1 Å². The molecule has 0 aromatic carbocycles. The van der Waals surface area contributed by atoms with Crippen LogP contribution in [0.4, 0.5) is 5.13 Å². The summed E-state index contributed by atoms with van der Waals surface area (Å²) in [6, 6.07) is 0. The lowest BCUT2D eigenvalue weighted by Gasteiger charge is -2.10. The fourth-order valence-electron chi connectivity index (χ4n) is 1.51. The molecule has 88 valence electrons. The highest BCUT2D eigenvalue weighted by Gasteiger charge is 2.48. The number of carbonyl (C=O) groups is 1. The van der Waals surface area contributed by atoms with Crippen molar-refractivity contribution < 1.29 is 4.79 Å². The second kappa shape index (κ2) is 4.14. The maximum atomic E-state index is 11.9. The van der Waals surface area contributed by atoms with Crippen molar-refractivity contribution in [3.8, 4) is 0 Å². The van der Waals surface area contributed by atoms with Crippen LogP contribution in [0.3, 0.4) is 0 Å². The minimum Gasteiger partial charge on any atom is -0.329 e. The molecule has 1 saturated carbocycles. The zero-order valence-electron chi connectivity index (χ0n) is 9.62. The molecule has 1 heterocycles. The number of carbonyl (C=O) groups excluding carboxylic acids is 1. The van der Waals surface area contributed by atoms with E-state index in [1.165, 1.54) is 11.3 Å². The summed E-state index contributed by atoms with van der Waals surface area (Å²) in [7, 11) is 0. The van der Waals surface area contributed by atoms with E-state index in [0.717, 1.165) is 18.5 Å². The van der Waals surface area contributed by atoms with Crippen LogP contribution in [0.15, 0.2) is 5.38 Å². The van der Waals surface area contributed by atoms with Crippen LogP contribution in [0, 0.1) is 5.41 Å². The van der Waals surface area contributed by atoms with E-state index < -0.39 is 0 Å². The summed E-state index contributed by atoms with van der Waals surface area (Å²) in [6.45, 7) is 4.60. The Balaban J connectivity index is 2.01. The number of hydrogen-bond donors (Lipinski definition) is 2. The second-order valence-electron chi connectivity index (χ2n) is 4.67. The predicted octanol–water partition coefficient (Wildman–Crippen LogP) is 1.94. The molecule has 1 aliphatic carbocycles. The lowest BCUT2D eigenvalue weighted by Crippen LogP contribution is -2.30. The van der Waals surface area contributed by atoms with Gasteiger partial charge in [-0.25, -0.2) is 4.98 Å². The molecular formula is C11H17N3OS. The third-order valence-corrected chi connectivity index (χ3v) is 3.84. The van der Waals surface area contributed by atoms with Gasteiger partial charge >= 0.3 is 0 Å². The molecule has 0 radical (unpaired) electrons. The number of thiazole rings is 1. The molecule has 1 amide bonds. The van der Waals surface area contributed by atoms with E-state index >= 15 is 0 Å². The third-order valence-electron chi connectivity index (χ3n) is 3.06. The van der Waals surface area contributed by atoms with E-state index in [9.17, 15) is 4.79 Å². The molecule has 0 saturated heterocycles. The smallest absolute Gasteiger partial charge is 0.233 e. The van der Waals surface area contributed by atoms with Gasteiger partial charge in [-0.1, -0.05) is 13.8 Å². The highest BCUT2D eigenvalue weighted by Crippen LogP contribution is 2.45. The number of amides is 1. The first-order valence-corrected chi connectivity index (χ1v) is 6.42. The fraction of sp³-hybridized carbons (Fsp3) is 0.636. The van der Waals surface area contributed by atoms with Gasteiger partial charge in [0.15, 0.2) is 5.13 Å². The highest BCUT2D eigenvalue weighted by atomic mass is 32.1. The van der Waals surface area contributed by atoms with Gasteiger partial charge in [-0.15, -0.1) is 11.3 Å². The van der Waals surface area contributed by atoms with Gasteiger partial charge in [0, 0.05) is 11.9 Å². The van der Waals surface area contributed by atoms with Gasteiger partial charge in [-0.3, -0.25) is 4.79 Å². The fourth-order valence-corrected chi connectivity index (χ4v) is 2.38. The molecule has 1 aliphatic rings. The van der Waals surface area contributed by atoms with Gasteiger partial charge in [0.05, 0.1) is 11.1 Å². The number of aromatic nitrogens is 1. The molecule has 0 bridgehead atoms. The summed E-state index contributed by atoms with van der Waals surface area (Å²) < 4.78 is 0. The first kappa shape index (κ1) is 11.5. The van der Waals surface area contributed by atoms with E-state index in [4.69, 9.17) is 5.73 Å². The van der Waals surface area contributed by atoms with Crippen LogP contribution in [0.25, 0.3) is 0 Å². The van der Waals surface area contributed by atoms with E-state index in [1.54, 1.807) is 0 Å². The molecule has 0 aliphatic heterocycles. The number of anilines is 1. The summed E-state index contributed by atoms with van der Waals surface area (Å²) in [5.74, 6) is 0.422. The van der Waals surface area contributed by atoms with Crippen molar-refractivity contribution in [1.82, 2.24) is 4.98 Å². The SMILES string of the molecule is CC(C)c1csc(NC(=O)C2(CN)CC2)n1. The highest BCUT2D eigenvalue weighted by molar-refractivity contribution is 7.13. The van der Waals surface area contributed by atoms with Crippen LogP contribution in [-0.4, -0.2) is 17.4 Å². The first-order valence-electron chi connectivity index (χ1n) is 5.54. The summed E-state index contributed by atoms with van der Waals surface area (Å²) in [6.07, 6.45) is 1.80. The Morgan fingerprint density at radius 1 is 1.69 bits per heavy atom. The molecule has 0 unspecified atom stereocenters. The van der Waals surface area contributed by atoms with Gasteiger partial charge < -0.3 is 11.1 Å². The standard InChI is InChI=1S/C11H17N3OS/c1-7(2)8-5-16-10(13-8)14-9(15)11(6-12)3-4-11/h5,7H,3-4,6,12H2,1-2H3,(H,13,14,15). The van der Waals surface area contributed by atoms with Crippen LogP contribution < -0.4 is 11.1 Å². The Morgan fingerprint density at radius 2 is 2.38 bits per heavy atom. The van der Waals surface area contributed by atoms with Crippen molar-refractivity contribution in [1.29, 1.82) is 0 Å². The maximum absolute atomic E-state index is 11.9. The Hall–Kier alpha value is -0.940. The van der Waals surface area contributed by atoms with Gasteiger partial charge in [-0.05, 0) is 18.8 Å². The zero-order valence-corrected chi connectivity index (χ0v) is 10.4. The van der Waals surface area contributed by atoms with Crippen molar-refractivity contribution in [3.63, 3.8) is 0 Å². The maximum Gasteiger partial charge on any atom is 0.233 e. The van der Waals surface area contributed by atoms with Gasteiger partial charge in [0.1, 0.15) is 0 Å². The van der Waals surface area contributed by atoms with Crippen LogP contribution in [0.2, 0.25) is 0 Å². The van der Waals surface area contributed by atoms with Crippen LogP contribution >= 0.6 is 11.3 Å². The Labute approximate surface area is 99.3 Å². The quantitative estimate of drug-likeness (QED) is 0.843.